The summed E-state index contributed by atoms with van der Waals surface area (Å²) in [6.07, 6.45) is 4.54. The Kier molecular flexibility index (Phi) is 4.98. The minimum absolute atomic E-state index is 0.114. The van der Waals surface area contributed by atoms with Gasteiger partial charge in [0, 0.05) is 6.54 Å². The number of amidine groups is 1. The van der Waals surface area contributed by atoms with Gasteiger partial charge < -0.3 is 15.9 Å². The van der Waals surface area contributed by atoms with Crippen LogP contribution in [0.5, 0.6) is 0 Å². The number of rotatable bonds is 6. The number of aromatic nitrogens is 1. The van der Waals surface area contributed by atoms with Crippen molar-refractivity contribution in [3.05, 3.63) is 17.8 Å². The van der Waals surface area contributed by atoms with E-state index in [0.29, 0.717) is 11.7 Å². The standard InChI is InChI=1S/C11H20N4O/c1-8-7-15-11(16-8)10(13)5-3-4-6-14-9(2)12/h7,10H,3-6,13H2,1-2H3,(H2,12,14)/t10-/m0/s1. The van der Waals surface area contributed by atoms with Gasteiger partial charge in [0.05, 0.1) is 18.1 Å². The molecule has 0 fully saturated rings. The fourth-order valence-corrected chi connectivity index (χ4v) is 1.40. The lowest BCUT2D eigenvalue weighted by Crippen LogP contribution is -2.11. The van der Waals surface area contributed by atoms with Crippen molar-refractivity contribution < 1.29 is 4.42 Å². The molecule has 0 unspecified atom stereocenters. The first-order valence-corrected chi connectivity index (χ1v) is 5.54. The molecule has 0 aliphatic carbocycles. The molecule has 0 saturated carbocycles. The van der Waals surface area contributed by atoms with Crippen molar-refractivity contribution >= 4 is 5.84 Å². The third-order valence-electron chi connectivity index (χ3n) is 2.24. The molecule has 0 amide bonds. The average molecular weight is 224 g/mol. The van der Waals surface area contributed by atoms with E-state index in [9.17, 15) is 0 Å². The molecule has 0 aliphatic heterocycles. The molecule has 0 aromatic carbocycles. The third-order valence-corrected chi connectivity index (χ3v) is 2.24. The highest BCUT2D eigenvalue weighted by Crippen LogP contribution is 2.16. The van der Waals surface area contributed by atoms with Crippen LogP contribution in [0.2, 0.25) is 0 Å². The molecule has 1 aromatic rings. The van der Waals surface area contributed by atoms with Gasteiger partial charge in [-0.15, -0.1) is 0 Å². The molecule has 1 heterocycles. The van der Waals surface area contributed by atoms with E-state index in [4.69, 9.17) is 15.9 Å². The van der Waals surface area contributed by atoms with E-state index in [1.807, 2.05) is 6.92 Å². The smallest absolute Gasteiger partial charge is 0.211 e. The second-order valence-electron chi connectivity index (χ2n) is 3.93. The summed E-state index contributed by atoms with van der Waals surface area (Å²) in [5, 5.41) is 0. The Morgan fingerprint density at radius 1 is 1.56 bits per heavy atom. The second-order valence-corrected chi connectivity index (χ2v) is 3.93. The minimum atomic E-state index is -0.114. The molecule has 0 bridgehead atoms. The van der Waals surface area contributed by atoms with Gasteiger partial charge in [-0.2, -0.15) is 0 Å². The van der Waals surface area contributed by atoms with Crippen molar-refractivity contribution in [1.29, 1.82) is 0 Å². The SMILES string of the molecule is CC(N)=NCCCC[C@H](N)c1ncc(C)o1. The highest BCUT2D eigenvalue weighted by molar-refractivity contribution is 5.77. The van der Waals surface area contributed by atoms with E-state index in [1.165, 1.54) is 0 Å². The normalized spacial score (nSPS) is 14.1. The van der Waals surface area contributed by atoms with Crippen molar-refractivity contribution in [2.45, 2.75) is 39.2 Å². The number of nitrogens with two attached hydrogens (primary N) is 2. The Morgan fingerprint density at radius 3 is 2.88 bits per heavy atom. The molecule has 5 nitrogen and oxygen atoms in total. The van der Waals surface area contributed by atoms with Crippen molar-refractivity contribution in [3.63, 3.8) is 0 Å². The molecule has 1 atom stereocenters. The maximum atomic E-state index is 5.93. The van der Waals surface area contributed by atoms with Crippen LogP contribution in [0.3, 0.4) is 0 Å². The number of oxazole rings is 1. The van der Waals surface area contributed by atoms with E-state index < -0.39 is 0 Å². The van der Waals surface area contributed by atoms with Gasteiger partial charge in [-0.1, -0.05) is 0 Å². The maximum absolute atomic E-state index is 5.93. The molecule has 4 N–H and O–H groups in total. The first kappa shape index (κ1) is 12.7. The Morgan fingerprint density at radius 2 is 2.31 bits per heavy atom. The summed E-state index contributed by atoms with van der Waals surface area (Å²) in [7, 11) is 0. The van der Waals surface area contributed by atoms with Gasteiger partial charge in [0.25, 0.3) is 0 Å². The van der Waals surface area contributed by atoms with Gasteiger partial charge in [-0.25, -0.2) is 4.98 Å². The lowest BCUT2D eigenvalue weighted by molar-refractivity contribution is 0.414. The zero-order valence-electron chi connectivity index (χ0n) is 9.94. The minimum Gasteiger partial charge on any atom is -0.444 e. The number of aliphatic imine (C=N–C) groups is 1. The molecule has 16 heavy (non-hydrogen) atoms. The molecular formula is C11H20N4O. The van der Waals surface area contributed by atoms with Crippen LogP contribution in [0, 0.1) is 6.92 Å². The molecule has 1 rings (SSSR count). The summed E-state index contributed by atoms with van der Waals surface area (Å²) in [6.45, 7) is 4.42. The van der Waals surface area contributed by atoms with Crippen LogP contribution in [-0.4, -0.2) is 17.4 Å². The van der Waals surface area contributed by atoms with E-state index in [1.54, 1.807) is 13.1 Å². The quantitative estimate of drug-likeness (QED) is 0.435. The number of hydrogen-bond donors (Lipinski definition) is 2. The predicted molar refractivity (Wildman–Crippen MR) is 64.2 cm³/mol. The molecule has 0 aliphatic rings. The summed E-state index contributed by atoms with van der Waals surface area (Å²) in [5.74, 6) is 2.05. The zero-order valence-corrected chi connectivity index (χ0v) is 9.94. The fraction of sp³-hybridized carbons (Fsp3) is 0.636. The molecular weight excluding hydrogens is 204 g/mol. The van der Waals surface area contributed by atoms with Crippen molar-refractivity contribution in [1.82, 2.24) is 4.98 Å². The van der Waals surface area contributed by atoms with Gasteiger partial charge in [0.2, 0.25) is 5.89 Å². The zero-order chi connectivity index (χ0) is 12.0. The largest absolute Gasteiger partial charge is 0.444 e. The Labute approximate surface area is 95.9 Å². The van der Waals surface area contributed by atoms with Crippen LogP contribution >= 0.6 is 0 Å². The average Bonchev–Trinajstić information content (AvgIpc) is 2.63. The first-order chi connectivity index (χ1) is 7.59. The third kappa shape index (κ3) is 4.44. The van der Waals surface area contributed by atoms with Gasteiger partial charge in [0.1, 0.15) is 5.76 Å². The fourth-order valence-electron chi connectivity index (χ4n) is 1.40. The topological polar surface area (TPSA) is 90.4 Å². The summed E-state index contributed by atoms with van der Waals surface area (Å²) >= 11 is 0. The van der Waals surface area contributed by atoms with Crippen LogP contribution < -0.4 is 11.5 Å². The molecule has 0 saturated heterocycles. The van der Waals surface area contributed by atoms with Crippen LogP contribution in [0.25, 0.3) is 0 Å². The number of hydrogen-bond acceptors (Lipinski definition) is 4. The van der Waals surface area contributed by atoms with E-state index in [0.717, 1.165) is 31.6 Å². The Bertz CT molecular complexity index is 342. The van der Waals surface area contributed by atoms with E-state index >= 15 is 0 Å². The Balaban J connectivity index is 2.20. The van der Waals surface area contributed by atoms with Crippen LogP contribution in [0.4, 0.5) is 0 Å². The number of unbranched alkanes of at least 4 members (excludes halogenated alkanes) is 1. The molecule has 0 spiro atoms. The summed E-state index contributed by atoms with van der Waals surface area (Å²) < 4.78 is 5.36. The van der Waals surface area contributed by atoms with Crippen LogP contribution in [0.1, 0.15) is 43.9 Å². The lowest BCUT2D eigenvalue weighted by Gasteiger charge is -2.06. The molecule has 0 radical (unpaired) electrons. The van der Waals surface area contributed by atoms with Crippen molar-refractivity contribution in [2.24, 2.45) is 16.5 Å². The Hall–Kier alpha value is -1.36. The van der Waals surface area contributed by atoms with Crippen molar-refractivity contribution in [2.75, 3.05) is 6.54 Å². The van der Waals surface area contributed by atoms with Gasteiger partial charge in [-0.3, -0.25) is 4.99 Å². The van der Waals surface area contributed by atoms with Gasteiger partial charge >= 0.3 is 0 Å². The van der Waals surface area contributed by atoms with Gasteiger partial charge in [0.15, 0.2) is 0 Å². The van der Waals surface area contributed by atoms with Crippen LogP contribution in [-0.2, 0) is 0 Å². The predicted octanol–water partition coefficient (Wildman–Crippen LogP) is 1.53. The van der Waals surface area contributed by atoms with Crippen LogP contribution in [0.15, 0.2) is 15.6 Å². The number of aryl methyl sites for hydroxylation is 1. The highest BCUT2D eigenvalue weighted by Gasteiger charge is 2.10. The van der Waals surface area contributed by atoms with Gasteiger partial charge in [-0.05, 0) is 33.1 Å². The molecule has 5 heteroatoms. The van der Waals surface area contributed by atoms with E-state index in [2.05, 4.69) is 9.98 Å². The lowest BCUT2D eigenvalue weighted by atomic mass is 10.1. The first-order valence-electron chi connectivity index (χ1n) is 5.54. The monoisotopic (exact) mass is 224 g/mol. The van der Waals surface area contributed by atoms with Crippen molar-refractivity contribution in [3.8, 4) is 0 Å². The maximum Gasteiger partial charge on any atom is 0.211 e. The summed E-state index contributed by atoms with van der Waals surface area (Å²) in [4.78, 5) is 8.22. The summed E-state index contributed by atoms with van der Waals surface area (Å²) in [6, 6.07) is -0.114. The number of nitrogens with zero attached hydrogens (tertiary/aromatic N) is 2. The highest BCUT2D eigenvalue weighted by atomic mass is 16.4. The summed E-state index contributed by atoms with van der Waals surface area (Å²) in [5.41, 5.74) is 11.4. The second kappa shape index (κ2) is 6.27. The molecule has 1 aromatic heterocycles. The van der Waals surface area contributed by atoms with E-state index in [-0.39, 0.29) is 6.04 Å². The molecule has 90 valence electrons.